The summed E-state index contributed by atoms with van der Waals surface area (Å²) >= 11 is 10.8. The molecule has 0 amide bonds. The van der Waals surface area contributed by atoms with E-state index in [9.17, 15) is 0 Å². The van der Waals surface area contributed by atoms with Crippen molar-refractivity contribution in [1.82, 2.24) is 15.2 Å². The van der Waals surface area contributed by atoms with Crippen LogP contribution in [-0.4, -0.2) is 34.4 Å². The maximum atomic E-state index is 5.94. The number of thiazole rings is 1. The maximum Gasteiger partial charge on any atom is 0.206 e. The lowest BCUT2D eigenvalue weighted by Gasteiger charge is -2.08. The fourth-order valence-electron chi connectivity index (χ4n) is 2.58. The number of benzene rings is 1. The fraction of sp³-hybridized carbons (Fsp3) is 0.353. The van der Waals surface area contributed by atoms with E-state index in [1.807, 2.05) is 24.3 Å². The molecule has 5 nitrogen and oxygen atoms in total. The summed E-state index contributed by atoms with van der Waals surface area (Å²) in [5.74, 6) is 0.782. The van der Waals surface area contributed by atoms with Gasteiger partial charge in [0, 0.05) is 34.9 Å². The van der Waals surface area contributed by atoms with Crippen LogP contribution in [0.2, 0.25) is 5.02 Å². The number of nitrogens with zero attached hydrogens (tertiary/aromatic N) is 3. The first-order valence-electron chi connectivity index (χ1n) is 8.28. The zero-order chi connectivity index (χ0) is 17.8. The molecule has 9 heteroatoms. The van der Waals surface area contributed by atoms with Gasteiger partial charge in [-0.25, -0.2) is 4.98 Å². The number of halogens is 1. The molecular weight excluding hydrogens is 408 g/mol. The molecule has 4 rings (SSSR count). The number of hydrogen-bond acceptors (Lipinski definition) is 8. The van der Waals surface area contributed by atoms with Crippen LogP contribution in [0, 0.1) is 0 Å². The van der Waals surface area contributed by atoms with Crippen LogP contribution in [0.25, 0.3) is 10.6 Å². The lowest BCUT2D eigenvalue weighted by molar-refractivity contribution is 0.120. The molecule has 2 aromatic heterocycles. The van der Waals surface area contributed by atoms with Crippen LogP contribution in [0.1, 0.15) is 18.5 Å². The molecule has 0 saturated carbocycles. The average molecular weight is 425 g/mol. The molecule has 0 unspecified atom stereocenters. The Bertz CT molecular complexity index is 846. The highest BCUT2D eigenvalue weighted by Crippen LogP contribution is 2.31. The molecule has 0 radical (unpaired) electrons. The van der Waals surface area contributed by atoms with E-state index in [0.717, 1.165) is 62.5 Å². The summed E-state index contributed by atoms with van der Waals surface area (Å²) in [5.41, 5.74) is 2.14. The molecule has 0 bridgehead atoms. The lowest BCUT2D eigenvalue weighted by atomic mass is 10.2. The van der Waals surface area contributed by atoms with Gasteiger partial charge in [-0.2, -0.15) is 0 Å². The molecule has 1 atom stereocenters. The second-order valence-electron chi connectivity index (χ2n) is 5.83. The van der Waals surface area contributed by atoms with Crippen LogP contribution < -0.4 is 5.32 Å². The predicted octanol–water partition coefficient (Wildman–Crippen LogP) is 5.20. The van der Waals surface area contributed by atoms with Crippen LogP contribution >= 0.6 is 46.0 Å². The van der Waals surface area contributed by atoms with Gasteiger partial charge >= 0.3 is 0 Å². The topological polar surface area (TPSA) is 59.9 Å². The molecule has 3 heterocycles. The molecule has 26 heavy (non-hydrogen) atoms. The molecule has 0 spiro atoms. The van der Waals surface area contributed by atoms with Gasteiger partial charge in [-0.3, -0.25) is 0 Å². The normalized spacial score (nSPS) is 16.9. The fourth-order valence-corrected chi connectivity index (χ4v) is 5.29. The number of ether oxygens (including phenoxy) is 1. The first kappa shape index (κ1) is 18.2. The van der Waals surface area contributed by atoms with Gasteiger partial charge < -0.3 is 10.1 Å². The van der Waals surface area contributed by atoms with Crippen molar-refractivity contribution in [3.63, 3.8) is 0 Å². The van der Waals surface area contributed by atoms with E-state index in [2.05, 4.69) is 20.9 Å². The molecule has 0 aliphatic carbocycles. The third-order valence-corrected chi connectivity index (χ3v) is 7.14. The summed E-state index contributed by atoms with van der Waals surface area (Å²) in [5, 5.41) is 16.4. The van der Waals surface area contributed by atoms with Crippen LogP contribution in [-0.2, 0) is 10.5 Å². The van der Waals surface area contributed by atoms with E-state index in [1.165, 1.54) is 0 Å². The highest BCUT2D eigenvalue weighted by Gasteiger charge is 2.16. The first-order chi connectivity index (χ1) is 12.8. The Morgan fingerprint density at radius 1 is 1.27 bits per heavy atom. The minimum absolute atomic E-state index is 0.302. The van der Waals surface area contributed by atoms with Crippen molar-refractivity contribution in [2.45, 2.75) is 29.0 Å². The number of rotatable bonds is 7. The SMILES string of the molecule is Clc1ccc(-c2nc(CSc3nnc(NC[C@H]4CCCO4)s3)cs2)cc1. The van der Waals surface area contributed by atoms with Crippen molar-refractivity contribution < 1.29 is 4.74 Å². The largest absolute Gasteiger partial charge is 0.376 e. The quantitative estimate of drug-likeness (QED) is 0.526. The zero-order valence-electron chi connectivity index (χ0n) is 13.9. The van der Waals surface area contributed by atoms with E-state index < -0.39 is 0 Å². The van der Waals surface area contributed by atoms with Crippen LogP contribution in [0.15, 0.2) is 34.0 Å². The summed E-state index contributed by atoms with van der Waals surface area (Å²) in [4.78, 5) is 4.70. The Morgan fingerprint density at radius 2 is 2.15 bits per heavy atom. The molecule has 1 aliphatic heterocycles. The molecular formula is C17H17ClN4OS3. The van der Waals surface area contributed by atoms with Gasteiger partial charge in [0.25, 0.3) is 0 Å². The Kier molecular flexibility index (Phi) is 6.06. The Morgan fingerprint density at radius 3 is 2.96 bits per heavy atom. The zero-order valence-corrected chi connectivity index (χ0v) is 17.1. The van der Waals surface area contributed by atoms with Gasteiger partial charge in [0.2, 0.25) is 5.13 Å². The predicted molar refractivity (Wildman–Crippen MR) is 109 cm³/mol. The van der Waals surface area contributed by atoms with E-state index >= 15 is 0 Å². The van der Waals surface area contributed by atoms with Crippen molar-refractivity contribution in [3.8, 4) is 10.6 Å². The van der Waals surface area contributed by atoms with Crippen molar-refractivity contribution in [2.75, 3.05) is 18.5 Å². The maximum absolute atomic E-state index is 5.94. The second-order valence-corrected chi connectivity index (χ2v) is 9.32. The highest BCUT2D eigenvalue weighted by molar-refractivity contribution is 8.00. The summed E-state index contributed by atoms with van der Waals surface area (Å²) in [6.07, 6.45) is 2.57. The molecule has 1 saturated heterocycles. The van der Waals surface area contributed by atoms with Gasteiger partial charge in [-0.1, -0.05) is 46.8 Å². The lowest BCUT2D eigenvalue weighted by Crippen LogP contribution is -2.18. The first-order valence-corrected chi connectivity index (χ1v) is 11.3. The van der Waals surface area contributed by atoms with E-state index in [1.54, 1.807) is 34.4 Å². The number of nitrogens with one attached hydrogen (secondary N) is 1. The summed E-state index contributed by atoms with van der Waals surface area (Å²) in [6, 6.07) is 7.77. The number of hydrogen-bond donors (Lipinski definition) is 1. The van der Waals surface area contributed by atoms with E-state index in [4.69, 9.17) is 21.3 Å². The van der Waals surface area contributed by atoms with Crippen LogP contribution in [0.4, 0.5) is 5.13 Å². The van der Waals surface area contributed by atoms with Gasteiger partial charge in [0.1, 0.15) is 5.01 Å². The molecule has 136 valence electrons. The Labute approximate surface area is 169 Å². The van der Waals surface area contributed by atoms with Crippen LogP contribution in [0.3, 0.4) is 0 Å². The van der Waals surface area contributed by atoms with Crippen LogP contribution in [0.5, 0.6) is 0 Å². The van der Waals surface area contributed by atoms with Crippen molar-refractivity contribution >= 4 is 51.2 Å². The van der Waals surface area contributed by atoms with Crippen molar-refractivity contribution in [3.05, 3.63) is 40.4 Å². The van der Waals surface area contributed by atoms with Crippen molar-refractivity contribution in [2.24, 2.45) is 0 Å². The number of anilines is 1. The minimum atomic E-state index is 0.302. The Balaban J connectivity index is 1.29. The Hall–Kier alpha value is -1.19. The highest BCUT2D eigenvalue weighted by atomic mass is 35.5. The molecule has 1 aromatic carbocycles. The summed E-state index contributed by atoms with van der Waals surface area (Å²) in [7, 11) is 0. The summed E-state index contributed by atoms with van der Waals surface area (Å²) < 4.78 is 6.55. The minimum Gasteiger partial charge on any atom is -0.376 e. The van der Waals surface area contributed by atoms with Gasteiger partial charge in [-0.15, -0.1) is 21.5 Å². The molecule has 1 N–H and O–H groups in total. The second kappa shape index (κ2) is 8.67. The summed E-state index contributed by atoms with van der Waals surface area (Å²) in [6.45, 7) is 1.67. The number of aromatic nitrogens is 3. The van der Waals surface area contributed by atoms with Gasteiger partial charge in [-0.05, 0) is 25.0 Å². The molecule has 1 fully saturated rings. The molecule has 1 aliphatic rings. The third-order valence-electron chi connectivity index (χ3n) is 3.90. The van der Waals surface area contributed by atoms with E-state index in [0.29, 0.717) is 6.10 Å². The van der Waals surface area contributed by atoms with E-state index in [-0.39, 0.29) is 0 Å². The number of thioether (sulfide) groups is 1. The standard InChI is InChI=1S/C17H17ClN4OS3/c18-12-5-3-11(4-6-12)15-20-13(9-24-15)10-25-17-22-21-16(26-17)19-8-14-2-1-7-23-14/h3-6,9,14H,1-2,7-8,10H2,(H,19,21)/t14-/m1/s1. The third kappa shape index (κ3) is 4.75. The average Bonchev–Trinajstić information content (AvgIpc) is 3.40. The monoisotopic (exact) mass is 424 g/mol. The van der Waals surface area contributed by atoms with Gasteiger partial charge in [0.05, 0.1) is 11.8 Å². The van der Waals surface area contributed by atoms with Crippen molar-refractivity contribution in [1.29, 1.82) is 0 Å². The van der Waals surface area contributed by atoms with Gasteiger partial charge in [0.15, 0.2) is 4.34 Å². The smallest absolute Gasteiger partial charge is 0.206 e. The molecule has 3 aromatic rings.